The summed E-state index contributed by atoms with van der Waals surface area (Å²) >= 11 is 0. The van der Waals surface area contributed by atoms with E-state index in [2.05, 4.69) is 30.5 Å². The molecular weight excluding hydrogens is 323 g/mol. The summed E-state index contributed by atoms with van der Waals surface area (Å²) in [5.74, 6) is 1.30. The molecular formula is C17H13FN6O. The fourth-order valence-electron chi connectivity index (χ4n) is 2.45. The van der Waals surface area contributed by atoms with Gasteiger partial charge in [0.15, 0.2) is 5.65 Å². The van der Waals surface area contributed by atoms with Gasteiger partial charge in [-0.1, -0.05) is 12.1 Å². The van der Waals surface area contributed by atoms with E-state index in [0.29, 0.717) is 29.8 Å². The lowest BCUT2D eigenvalue weighted by Crippen LogP contribution is -2.03. The predicted octanol–water partition coefficient (Wildman–Crippen LogP) is 3.13. The Bertz CT molecular complexity index is 1030. The van der Waals surface area contributed by atoms with E-state index in [1.54, 1.807) is 25.3 Å². The number of hydrogen-bond donors (Lipinski definition) is 1. The molecule has 1 N–H and O–H groups in total. The summed E-state index contributed by atoms with van der Waals surface area (Å²) in [5.41, 5.74) is 2.27. The molecule has 8 heteroatoms. The fourth-order valence-corrected chi connectivity index (χ4v) is 2.45. The number of benzene rings is 1. The van der Waals surface area contributed by atoms with Gasteiger partial charge in [0.05, 0.1) is 11.9 Å². The van der Waals surface area contributed by atoms with Crippen molar-refractivity contribution in [3.63, 3.8) is 0 Å². The maximum atomic E-state index is 13.1. The number of nitrogens with one attached hydrogen (secondary N) is 1. The van der Waals surface area contributed by atoms with Gasteiger partial charge in [-0.2, -0.15) is 0 Å². The van der Waals surface area contributed by atoms with Crippen molar-refractivity contribution in [1.29, 1.82) is 0 Å². The molecule has 0 saturated carbocycles. The van der Waals surface area contributed by atoms with Crippen LogP contribution in [-0.4, -0.2) is 25.1 Å². The van der Waals surface area contributed by atoms with Crippen molar-refractivity contribution in [2.24, 2.45) is 0 Å². The minimum Gasteiger partial charge on any atom is -0.424 e. The van der Waals surface area contributed by atoms with E-state index < -0.39 is 0 Å². The highest BCUT2D eigenvalue weighted by molar-refractivity contribution is 5.89. The molecule has 0 spiro atoms. The zero-order valence-electron chi connectivity index (χ0n) is 13.3. The molecule has 0 aliphatic carbocycles. The van der Waals surface area contributed by atoms with Crippen LogP contribution in [0.5, 0.6) is 0 Å². The van der Waals surface area contributed by atoms with Gasteiger partial charge in [-0.3, -0.25) is 0 Å². The van der Waals surface area contributed by atoms with Crippen LogP contribution >= 0.6 is 0 Å². The first-order valence-electron chi connectivity index (χ1n) is 7.58. The molecule has 0 radical (unpaired) electrons. The largest absolute Gasteiger partial charge is 0.424 e. The van der Waals surface area contributed by atoms with Gasteiger partial charge < -0.3 is 9.73 Å². The van der Waals surface area contributed by atoms with Gasteiger partial charge in [0.1, 0.15) is 18.0 Å². The second kappa shape index (κ2) is 6.23. The molecule has 0 saturated heterocycles. The average Bonchev–Trinajstić information content (AvgIpc) is 3.05. The summed E-state index contributed by atoms with van der Waals surface area (Å²) < 4.78 is 18.5. The van der Waals surface area contributed by atoms with Crippen molar-refractivity contribution in [1.82, 2.24) is 25.1 Å². The van der Waals surface area contributed by atoms with Crippen LogP contribution in [0.15, 0.2) is 47.3 Å². The molecule has 3 aromatic heterocycles. The third-order valence-corrected chi connectivity index (χ3v) is 3.64. The van der Waals surface area contributed by atoms with Crippen molar-refractivity contribution in [2.75, 3.05) is 5.32 Å². The average molecular weight is 336 g/mol. The topological polar surface area (TPSA) is 89.6 Å². The first-order valence-corrected chi connectivity index (χ1v) is 7.58. The van der Waals surface area contributed by atoms with E-state index in [4.69, 9.17) is 4.42 Å². The first kappa shape index (κ1) is 15.1. The summed E-state index contributed by atoms with van der Waals surface area (Å²) in [5, 5.41) is 11.6. The Kier molecular flexibility index (Phi) is 3.77. The molecule has 4 aromatic rings. The van der Waals surface area contributed by atoms with Crippen molar-refractivity contribution in [2.45, 2.75) is 13.5 Å². The zero-order valence-corrected chi connectivity index (χ0v) is 13.3. The molecule has 124 valence electrons. The molecule has 7 nitrogen and oxygen atoms in total. The predicted molar refractivity (Wildman–Crippen MR) is 89.1 cm³/mol. The smallest absolute Gasteiger partial charge is 0.235 e. The van der Waals surface area contributed by atoms with Crippen LogP contribution < -0.4 is 5.32 Å². The summed E-state index contributed by atoms with van der Waals surface area (Å²) in [7, 11) is 0. The van der Waals surface area contributed by atoms with E-state index in [0.717, 1.165) is 16.5 Å². The van der Waals surface area contributed by atoms with Crippen LogP contribution in [-0.2, 0) is 6.54 Å². The van der Waals surface area contributed by atoms with Crippen LogP contribution in [0.1, 0.15) is 11.8 Å². The van der Waals surface area contributed by atoms with E-state index in [9.17, 15) is 4.39 Å². The Morgan fingerprint density at radius 1 is 1.04 bits per heavy atom. The Morgan fingerprint density at radius 3 is 2.64 bits per heavy atom. The van der Waals surface area contributed by atoms with Gasteiger partial charge >= 0.3 is 0 Å². The van der Waals surface area contributed by atoms with Crippen LogP contribution in [0.2, 0.25) is 0 Å². The Hall–Kier alpha value is -3.42. The van der Waals surface area contributed by atoms with Crippen LogP contribution in [0.25, 0.3) is 22.2 Å². The number of aromatic nitrogens is 5. The van der Waals surface area contributed by atoms with Crippen molar-refractivity contribution in [3.05, 3.63) is 60.5 Å². The molecule has 0 fully saturated rings. The van der Waals surface area contributed by atoms with Crippen LogP contribution in [0.3, 0.4) is 0 Å². The Labute approximate surface area is 142 Å². The Morgan fingerprint density at radius 2 is 1.88 bits per heavy atom. The van der Waals surface area contributed by atoms with Gasteiger partial charge in [0.2, 0.25) is 11.8 Å². The lowest BCUT2D eigenvalue weighted by Gasteiger charge is -2.08. The van der Waals surface area contributed by atoms with Crippen LogP contribution in [0.4, 0.5) is 10.2 Å². The number of anilines is 1. The van der Waals surface area contributed by atoms with E-state index in [-0.39, 0.29) is 5.82 Å². The normalized spacial score (nSPS) is 11.0. The standard InChI is InChI=1S/C17H13FN6O/c1-10-23-24-15(25-10)8-20-17-14-6-12(7-19-16(14)21-9-22-17)11-2-4-13(18)5-3-11/h2-7,9H,8H2,1H3,(H,19,20,21,22). The monoisotopic (exact) mass is 336 g/mol. The SMILES string of the molecule is Cc1nnc(CNc2ncnc3ncc(-c4ccc(F)cc4)cc23)o1. The van der Waals surface area contributed by atoms with Gasteiger partial charge in [-0.25, -0.2) is 19.3 Å². The summed E-state index contributed by atoms with van der Waals surface area (Å²) in [6.07, 6.45) is 3.14. The lowest BCUT2D eigenvalue weighted by atomic mass is 10.1. The highest BCUT2D eigenvalue weighted by atomic mass is 19.1. The second-order valence-electron chi connectivity index (χ2n) is 5.39. The van der Waals surface area contributed by atoms with Gasteiger partial charge in [-0.05, 0) is 23.8 Å². The molecule has 1 aromatic carbocycles. The van der Waals surface area contributed by atoms with Gasteiger partial charge in [0, 0.05) is 18.7 Å². The number of nitrogens with zero attached hydrogens (tertiary/aromatic N) is 5. The molecule has 0 atom stereocenters. The number of pyridine rings is 1. The maximum absolute atomic E-state index is 13.1. The third kappa shape index (κ3) is 3.14. The molecule has 0 unspecified atom stereocenters. The maximum Gasteiger partial charge on any atom is 0.235 e. The molecule has 4 rings (SSSR count). The highest BCUT2D eigenvalue weighted by Gasteiger charge is 2.09. The molecule has 0 bridgehead atoms. The molecule has 25 heavy (non-hydrogen) atoms. The number of hydrogen-bond acceptors (Lipinski definition) is 7. The van der Waals surface area contributed by atoms with Crippen molar-refractivity contribution < 1.29 is 8.81 Å². The van der Waals surface area contributed by atoms with Gasteiger partial charge in [0.25, 0.3) is 0 Å². The van der Waals surface area contributed by atoms with E-state index >= 15 is 0 Å². The zero-order chi connectivity index (χ0) is 17.2. The van der Waals surface area contributed by atoms with E-state index in [1.807, 2.05) is 6.07 Å². The minimum absolute atomic E-state index is 0.280. The van der Waals surface area contributed by atoms with E-state index in [1.165, 1.54) is 18.5 Å². The van der Waals surface area contributed by atoms with Gasteiger partial charge in [-0.15, -0.1) is 10.2 Å². The number of halogens is 1. The fraction of sp³-hybridized carbons (Fsp3) is 0.118. The Balaban J connectivity index is 1.69. The minimum atomic E-state index is -0.280. The first-order chi connectivity index (χ1) is 12.2. The quantitative estimate of drug-likeness (QED) is 0.612. The molecule has 0 amide bonds. The molecule has 0 aliphatic heterocycles. The van der Waals surface area contributed by atoms with Crippen molar-refractivity contribution in [3.8, 4) is 11.1 Å². The third-order valence-electron chi connectivity index (χ3n) is 3.64. The summed E-state index contributed by atoms with van der Waals surface area (Å²) in [6.45, 7) is 2.07. The van der Waals surface area contributed by atoms with Crippen LogP contribution in [0, 0.1) is 12.7 Å². The summed E-state index contributed by atoms with van der Waals surface area (Å²) in [6, 6.07) is 8.15. The highest BCUT2D eigenvalue weighted by Crippen LogP contribution is 2.25. The molecule has 3 heterocycles. The number of rotatable bonds is 4. The lowest BCUT2D eigenvalue weighted by molar-refractivity contribution is 0.474. The summed E-state index contributed by atoms with van der Waals surface area (Å²) in [4.78, 5) is 12.8. The molecule has 0 aliphatic rings. The second-order valence-corrected chi connectivity index (χ2v) is 5.39. The number of fused-ring (bicyclic) bond motifs is 1. The number of aryl methyl sites for hydroxylation is 1. The van der Waals surface area contributed by atoms with Crippen molar-refractivity contribution >= 4 is 16.9 Å².